The van der Waals surface area contributed by atoms with Crippen molar-refractivity contribution in [3.8, 4) is 0 Å². The molecule has 0 aromatic heterocycles. The summed E-state index contributed by atoms with van der Waals surface area (Å²) in [6, 6.07) is 0. The molecule has 7 heteroatoms. The van der Waals surface area contributed by atoms with Crippen LogP contribution in [0.3, 0.4) is 0 Å². The Morgan fingerprint density at radius 3 is 2.69 bits per heavy atom. The van der Waals surface area contributed by atoms with Gasteiger partial charge in [0.05, 0.1) is 6.10 Å². The molecule has 0 saturated heterocycles. The lowest BCUT2D eigenvalue weighted by Gasteiger charge is -2.06. The Kier molecular flexibility index (Phi) is 5.53. The number of carboxylic acid groups (broad SMARTS) is 1. The minimum absolute atomic E-state index is 0.0600. The first-order valence-corrected chi connectivity index (χ1v) is 3.69. The zero-order valence-corrected chi connectivity index (χ0v) is 6.88. The zero-order chi connectivity index (χ0) is 10.3. The van der Waals surface area contributed by atoms with Crippen molar-refractivity contribution in [1.82, 2.24) is 0 Å². The SMILES string of the molecule is O=C(O)CCC[C@H](O)CO[N+](=O)[O-]. The fraction of sp³-hybridized carbons (Fsp3) is 0.833. The van der Waals surface area contributed by atoms with Gasteiger partial charge >= 0.3 is 5.97 Å². The maximum atomic E-state index is 10.0. The van der Waals surface area contributed by atoms with Gasteiger partial charge in [0.2, 0.25) is 0 Å². The second-order valence-corrected chi connectivity index (χ2v) is 2.46. The van der Waals surface area contributed by atoms with E-state index in [1.165, 1.54) is 0 Å². The molecule has 2 N–H and O–H groups in total. The van der Waals surface area contributed by atoms with E-state index in [0.29, 0.717) is 0 Å². The number of carboxylic acids is 1. The number of rotatable bonds is 7. The molecule has 0 fully saturated rings. The Bertz CT molecular complexity index is 182. The average molecular weight is 193 g/mol. The number of aliphatic carboxylic acids is 1. The summed E-state index contributed by atoms with van der Waals surface area (Å²) in [6.45, 7) is -0.410. The molecular formula is C6H11NO6. The minimum Gasteiger partial charge on any atom is -0.481 e. The standard InChI is InChI=1S/C6H11NO6/c8-5(4-13-7(11)12)2-1-3-6(9)10/h5,8H,1-4H2,(H,9,10)/t5-/m0/s1. The second kappa shape index (κ2) is 6.18. The Morgan fingerprint density at radius 1 is 1.62 bits per heavy atom. The van der Waals surface area contributed by atoms with Crippen LogP contribution in [0.4, 0.5) is 0 Å². The third kappa shape index (κ3) is 8.54. The lowest BCUT2D eigenvalue weighted by molar-refractivity contribution is -0.759. The maximum Gasteiger partial charge on any atom is 0.303 e. The summed E-state index contributed by atoms with van der Waals surface area (Å²) in [5, 5.41) is 25.9. The molecule has 0 radical (unpaired) electrons. The van der Waals surface area contributed by atoms with Crippen molar-refractivity contribution in [2.45, 2.75) is 25.4 Å². The van der Waals surface area contributed by atoms with Gasteiger partial charge in [-0.3, -0.25) is 4.79 Å². The smallest absolute Gasteiger partial charge is 0.303 e. The van der Waals surface area contributed by atoms with E-state index in [9.17, 15) is 14.9 Å². The molecular weight excluding hydrogens is 182 g/mol. The van der Waals surface area contributed by atoms with E-state index in [1.807, 2.05) is 0 Å². The van der Waals surface area contributed by atoms with Crippen LogP contribution < -0.4 is 0 Å². The van der Waals surface area contributed by atoms with Crippen LogP contribution in [0, 0.1) is 10.1 Å². The molecule has 0 heterocycles. The van der Waals surface area contributed by atoms with Crippen molar-refractivity contribution in [3.05, 3.63) is 10.1 Å². The predicted molar refractivity (Wildman–Crippen MR) is 40.4 cm³/mol. The Balaban J connectivity index is 3.35. The summed E-state index contributed by atoms with van der Waals surface area (Å²) in [5.74, 6) is -0.956. The molecule has 0 rings (SSSR count). The van der Waals surface area contributed by atoms with E-state index in [1.54, 1.807) is 0 Å². The fourth-order valence-electron chi connectivity index (χ4n) is 0.719. The van der Waals surface area contributed by atoms with Crippen LogP contribution in [-0.4, -0.2) is 34.0 Å². The van der Waals surface area contributed by atoms with Gasteiger partial charge in [0, 0.05) is 6.42 Å². The van der Waals surface area contributed by atoms with Gasteiger partial charge in [0.15, 0.2) is 0 Å². The normalized spacial score (nSPS) is 12.1. The molecule has 7 nitrogen and oxygen atoms in total. The quantitative estimate of drug-likeness (QED) is 0.428. The van der Waals surface area contributed by atoms with Crippen molar-refractivity contribution >= 4 is 5.97 Å². The number of nitrogens with zero attached hydrogens (tertiary/aromatic N) is 1. The topological polar surface area (TPSA) is 110 Å². The molecule has 0 amide bonds. The van der Waals surface area contributed by atoms with Gasteiger partial charge in [-0.15, -0.1) is 10.1 Å². The molecule has 0 aliphatic carbocycles. The summed E-state index contributed by atoms with van der Waals surface area (Å²) >= 11 is 0. The van der Waals surface area contributed by atoms with Crippen LogP contribution in [-0.2, 0) is 9.63 Å². The summed E-state index contributed by atoms with van der Waals surface area (Å²) in [6.07, 6.45) is -0.586. The average Bonchev–Trinajstić information content (AvgIpc) is 2.00. The molecule has 13 heavy (non-hydrogen) atoms. The third-order valence-electron chi connectivity index (χ3n) is 1.30. The van der Waals surface area contributed by atoms with E-state index in [4.69, 9.17) is 10.2 Å². The molecule has 0 bridgehead atoms. The van der Waals surface area contributed by atoms with Gasteiger partial charge < -0.3 is 15.1 Å². The van der Waals surface area contributed by atoms with Gasteiger partial charge in [0.25, 0.3) is 5.09 Å². The highest BCUT2D eigenvalue weighted by atomic mass is 17.0. The zero-order valence-electron chi connectivity index (χ0n) is 6.88. The highest BCUT2D eigenvalue weighted by molar-refractivity contribution is 5.66. The molecule has 0 spiro atoms. The van der Waals surface area contributed by atoms with Crippen molar-refractivity contribution < 1.29 is 24.9 Å². The van der Waals surface area contributed by atoms with Crippen molar-refractivity contribution in [1.29, 1.82) is 0 Å². The first kappa shape index (κ1) is 11.6. The highest BCUT2D eigenvalue weighted by Gasteiger charge is 2.07. The number of carbonyl (C=O) groups is 1. The van der Waals surface area contributed by atoms with E-state index in [-0.39, 0.29) is 19.3 Å². The Labute approximate surface area is 74.0 Å². The van der Waals surface area contributed by atoms with Gasteiger partial charge in [-0.05, 0) is 12.8 Å². The van der Waals surface area contributed by atoms with Crippen LogP contribution in [0.5, 0.6) is 0 Å². The predicted octanol–water partition coefficient (Wildman–Crippen LogP) is -0.189. The molecule has 0 aliphatic rings. The molecule has 0 saturated carbocycles. The lowest BCUT2D eigenvalue weighted by Crippen LogP contribution is -2.18. The van der Waals surface area contributed by atoms with Crippen molar-refractivity contribution in [2.24, 2.45) is 0 Å². The molecule has 0 unspecified atom stereocenters. The van der Waals surface area contributed by atoms with Gasteiger partial charge in [0.1, 0.15) is 6.61 Å². The number of aliphatic hydroxyl groups excluding tert-OH is 1. The van der Waals surface area contributed by atoms with Gasteiger partial charge in [-0.1, -0.05) is 0 Å². The highest BCUT2D eigenvalue weighted by Crippen LogP contribution is 2.01. The van der Waals surface area contributed by atoms with Gasteiger partial charge in [-0.2, -0.15) is 0 Å². The van der Waals surface area contributed by atoms with Gasteiger partial charge in [-0.25, -0.2) is 0 Å². The Morgan fingerprint density at radius 2 is 2.23 bits per heavy atom. The van der Waals surface area contributed by atoms with Crippen LogP contribution in [0.2, 0.25) is 0 Å². The molecule has 0 aliphatic heterocycles. The molecule has 1 atom stereocenters. The summed E-state index contributed by atoms with van der Waals surface area (Å²) in [4.78, 5) is 23.6. The van der Waals surface area contributed by atoms with E-state index in [2.05, 4.69) is 4.84 Å². The van der Waals surface area contributed by atoms with Crippen LogP contribution in [0.15, 0.2) is 0 Å². The van der Waals surface area contributed by atoms with Crippen LogP contribution >= 0.6 is 0 Å². The monoisotopic (exact) mass is 193 g/mol. The first-order chi connectivity index (χ1) is 6.02. The third-order valence-corrected chi connectivity index (χ3v) is 1.30. The number of hydrogen-bond donors (Lipinski definition) is 2. The summed E-state index contributed by atoms with van der Waals surface area (Å²) in [5.41, 5.74) is 0. The second-order valence-electron chi connectivity index (χ2n) is 2.46. The van der Waals surface area contributed by atoms with Crippen LogP contribution in [0.25, 0.3) is 0 Å². The van der Waals surface area contributed by atoms with E-state index >= 15 is 0 Å². The first-order valence-electron chi connectivity index (χ1n) is 3.69. The lowest BCUT2D eigenvalue weighted by atomic mass is 10.2. The van der Waals surface area contributed by atoms with E-state index in [0.717, 1.165) is 0 Å². The fourth-order valence-corrected chi connectivity index (χ4v) is 0.719. The van der Waals surface area contributed by atoms with Crippen molar-refractivity contribution in [3.63, 3.8) is 0 Å². The van der Waals surface area contributed by atoms with E-state index < -0.39 is 23.8 Å². The molecule has 0 aromatic carbocycles. The van der Waals surface area contributed by atoms with Crippen molar-refractivity contribution in [2.75, 3.05) is 6.61 Å². The van der Waals surface area contributed by atoms with Crippen LogP contribution in [0.1, 0.15) is 19.3 Å². The number of aliphatic hydroxyl groups is 1. The largest absolute Gasteiger partial charge is 0.481 e. The summed E-state index contributed by atoms with van der Waals surface area (Å²) < 4.78 is 0. The molecule has 76 valence electrons. The maximum absolute atomic E-state index is 10.0. The summed E-state index contributed by atoms with van der Waals surface area (Å²) in [7, 11) is 0. The minimum atomic E-state index is -1.000. The molecule has 0 aromatic rings. The Hall–Kier alpha value is -1.37. The number of hydrogen-bond acceptors (Lipinski definition) is 5.